The Kier molecular flexibility index (Phi) is 5.87. The number of aromatic nitrogens is 3. The van der Waals surface area contributed by atoms with Crippen LogP contribution in [-0.4, -0.2) is 50.2 Å². The molecule has 0 aromatic carbocycles. The van der Waals surface area contributed by atoms with Crippen molar-refractivity contribution in [2.24, 2.45) is 7.05 Å². The zero-order valence-corrected chi connectivity index (χ0v) is 14.7. The van der Waals surface area contributed by atoms with Crippen LogP contribution in [0, 0.1) is 0 Å². The molecule has 0 bridgehead atoms. The van der Waals surface area contributed by atoms with E-state index in [1.807, 2.05) is 30.2 Å². The number of hydrogen-bond acceptors (Lipinski definition) is 5. The smallest absolute Gasteiger partial charge is 0.230 e. The number of pyridine rings is 1. The summed E-state index contributed by atoms with van der Waals surface area (Å²) < 4.78 is 1.93. The van der Waals surface area contributed by atoms with Gasteiger partial charge in [0.2, 0.25) is 5.91 Å². The van der Waals surface area contributed by atoms with E-state index in [1.165, 1.54) is 17.3 Å². The molecular weight excluding hydrogens is 322 g/mol. The molecule has 7 heteroatoms. The Morgan fingerprint density at radius 3 is 2.71 bits per heavy atom. The summed E-state index contributed by atoms with van der Waals surface area (Å²) in [6, 6.07) is 4.40. The molecule has 3 rings (SSSR count). The van der Waals surface area contributed by atoms with E-state index < -0.39 is 0 Å². The molecule has 24 heavy (non-hydrogen) atoms. The van der Waals surface area contributed by atoms with E-state index in [0.717, 1.165) is 37.6 Å². The van der Waals surface area contributed by atoms with Crippen molar-refractivity contribution in [3.63, 3.8) is 0 Å². The second kappa shape index (κ2) is 8.30. The lowest BCUT2D eigenvalue weighted by Crippen LogP contribution is -2.44. The van der Waals surface area contributed by atoms with Gasteiger partial charge in [0.15, 0.2) is 5.16 Å². The fraction of sp³-hybridized carbons (Fsp3) is 0.471. The predicted octanol–water partition coefficient (Wildman–Crippen LogP) is 1.69. The minimum atomic E-state index is 0.0931. The molecule has 0 aliphatic carbocycles. The first-order chi connectivity index (χ1) is 11.7. The van der Waals surface area contributed by atoms with Gasteiger partial charge in [0.1, 0.15) is 0 Å². The number of imidazole rings is 1. The SMILES string of the molecule is Cn1ccnc1SCC(=O)NC1CCN(Cc2ccncc2)CC1. The molecule has 128 valence electrons. The summed E-state index contributed by atoms with van der Waals surface area (Å²) in [5.41, 5.74) is 1.29. The third-order valence-corrected chi connectivity index (χ3v) is 5.28. The summed E-state index contributed by atoms with van der Waals surface area (Å²) in [6.45, 7) is 2.98. The quantitative estimate of drug-likeness (QED) is 0.807. The minimum absolute atomic E-state index is 0.0931. The third-order valence-electron chi connectivity index (χ3n) is 4.22. The van der Waals surface area contributed by atoms with Crippen LogP contribution < -0.4 is 5.32 Å². The molecule has 0 atom stereocenters. The molecule has 2 aromatic rings. The Morgan fingerprint density at radius 1 is 1.29 bits per heavy atom. The average molecular weight is 345 g/mol. The fourth-order valence-electron chi connectivity index (χ4n) is 2.87. The first kappa shape index (κ1) is 17.0. The first-order valence-electron chi connectivity index (χ1n) is 8.21. The highest BCUT2D eigenvalue weighted by Crippen LogP contribution is 2.16. The van der Waals surface area contributed by atoms with Crippen LogP contribution in [0.15, 0.2) is 42.1 Å². The van der Waals surface area contributed by atoms with Crippen LogP contribution in [0.25, 0.3) is 0 Å². The Hall–Kier alpha value is -1.86. The molecule has 0 radical (unpaired) electrons. The van der Waals surface area contributed by atoms with Gasteiger partial charge in [-0.3, -0.25) is 14.7 Å². The van der Waals surface area contributed by atoms with Crippen molar-refractivity contribution in [1.29, 1.82) is 0 Å². The summed E-state index contributed by atoms with van der Waals surface area (Å²) in [6.07, 6.45) is 9.31. The summed E-state index contributed by atoms with van der Waals surface area (Å²) in [4.78, 5) is 22.8. The van der Waals surface area contributed by atoms with E-state index >= 15 is 0 Å². The van der Waals surface area contributed by atoms with Crippen molar-refractivity contribution in [2.45, 2.75) is 30.6 Å². The van der Waals surface area contributed by atoms with Gasteiger partial charge >= 0.3 is 0 Å². The second-order valence-electron chi connectivity index (χ2n) is 6.08. The normalized spacial score (nSPS) is 16.2. The Balaban J connectivity index is 1.37. The molecule has 1 saturated heterocycles. The highest BCUT2D eigenvalue weighted by Gasteiger charge is 2.20. The Labute approximate surface area is 146 Å². The summed E-state index contributed by atoms with van der Waals surface area (Å²) in [5, 5.41) is 4.02. The van der Waals surface area contributed by atoms with Gasteiger partial charge in [-0.1, -0.05) is 11.8 Å². The largest absolute Gasteiger partial charge is 0.353 e. The Morgan fingerprint density at radius 2 is 2.04 bits per heavy atom. The molecule has 0 saturated carbocycles. The average Bonchev–Trinajstić information content (AvgIpc) is 3.01. The number of amides is 1. The molecule has 1 N–H and O–H groups in total. The van der Waals surface area contributed by atoms with E-state index in [0.29, 0.717) is 5.75 Å². The molecular formula is C17H23N5OS. The van der Waals surface area contributed by atoms with Crippen molar-refractivity contribution in [3.8, 4) is 0 Å². The van der Waals surface area contributed by atoms with Gasteiger partial charge in [-0.15, -0.1) is 0 Å². The number of aryl methyl sites for hydroxylation is 1. The fourth-order valence-corrected chi connectivity index (χ4v) is 3.62. The molecule has 6 nitrogen and oxygen atoms in total. The Bertz CT molecular complexity index is 652. The lowest BCUT2D eigenvalue weighted by molar-refractivity contribution is -0.119. The number of hydrogen-bond donors (Lipinski definition) is 1. The van der Waals surface area contributed by atoms with Crippen LogP contribution in [0.1, 0.15) is 18.4 Å². The molecule has 2 aromatic heterocycles. The van der Waals surface area contributed by atoms with Gasteiger partial charge in [-0.2, -0.15) is 0 Å². The summed E-state index contributed by atoms with van der Waals surface area (Å²) in [7, 11) is 1.94. The number of nitrogens with one attached hydrogen (secondary N) is 1. The molecule has 1 aliphatic heterocycles. The molecule has 1 aliphatic rings. The van der Waals surface area contributed by atoms with E-state index in [9.17, 15) is 4.79 Å². The highest BCUT2D eigenvalue weighted by molar-refractivity contribution is 7.99. The van der Waals surface area contributed by atoms with Crippen LogP contribution in [0.5, 0.6) is 0 Å². The standard InChI is InChI=1S/C17H23N5OS/c1-21-11-8-19-17(21)24-13-16(23)20-15-4-9-22(10-5-15)12-14-2-6-18-7-3-14/h2-3,6-8,11,15H,4-5,9-10,12-13H2,1H3,(H,20,23). The number of thioether (sulfide) groups is 1. The maximum absolute atomic E-state index is 12.1. The van der Waals surface area contributed by atoms with E-state index in [2.05, 4.69) is 32.3 Å². The van der Waals surface area contributed by atoms with Gasteiger partial charge in [0.25, 0.3) is 0 Å². The molecule has 1 fully saturated rings. The maximum atomic E-state index is 12.1. The first-order valence-corrected chi connectivity index (χ1v) is 9.20. The van der Waals surface area contributed by atoms with Crippen LogP contribution in [0.3, 0.4) is 0 Å². The molecule has 3 heterocycles. The van der Waals surface area contributed by atoms with Gasteiger partial charge in [-0.05, 0) is 30.5 Å². The van der Waals surface area contributed by atoms with Crippen molar-refractivity contribution < 1.29 is 4.79 Å². The van der Waals surface area contributed by atoms with Crippen LogP contribution in [0.2, 0.25) is 0 Å². The number of likely N-dealkylation sites (tertiary alicyclic amines) is 1. The number of carbonyl (C=O) groups is 1. The lowest BCUT2D eigenvalue weighted by Gasteiger charge is -2.32. The van der Waals surface area contributed by atoms with Crippen molar-refractivity contribution in [1.82, 2.24) is 24.8 Å². The maximum Gasteiger partial charge on any atom is 0.230 e. The minimum Gasteiger partial charge on any atom is -0.353 e. The van der Waals surface area contributed by atoms with Crippen LogP contribution in [0.4, 0.5) is 0 Å². The van der Waals surface area contributed by atoms with E-state index in [-0.39, 0.29) is 11.9 Å². The number of rotatable bonds is 6. The van der Waals surface area contributed by atoms with Gasteiger partial charge in [0, 0.05) is 57.5 Å². The van der Waals surface area contributed by atoms with Crippen LogP contribution >= 0.6 is 11.8 Å². The topological polar surface area (TPSA) is 63.1 Å². The third kappa shape index (κ3) is 4.82. The number of piperidine rings is 1. The monoisotopic (exact) mass is 345 g/mol. The summed E-state index contributed by atoms with van der Waals surface area (Å²) in [5.74, 6) is 0.512. The van der Waals surface area contributed by atoms with Gasteiger partial charge < -0.3 is 9.88 Å². The van der Waals surface area contributed by atoms with E-state index in [4.69, 9.17) is 0 Å². The number of carbonyl (C=O) groups excluding carboxylic acids is 1. The lowest BCUT2D eigenvalue weighted by atomic mass is 10.0. The molecule has 0 spiro atoms. The highest BCUT2D eigenvalue weighted by atomic mass is 32.2. The summed E-state index contributed by atoms with van der Waals surface area (Å²) >= 11 is 1.48. The van der Waals surface area contributed by atoms with Crippen molar-refractivity contribution in [3.05, 3.63) is 42.5 Å². The zero-order valence-electron chi connectivity index (χ0n) is 13.9. The molecule has 0 unspecified atom stereocenters. The predicted molar refractivity (Wildman–Crippen MR) is 94.6 cm³/mol. The van der Waals surface area contributed by atoms with Gasteiger partial charge in [0.05, 0.1) is 5.75 Å². The zero-order chi connectivity index (χ0) is 16.8. The number of nitrogens with zero attached hydrogens (tertiary/aromatic N) is 4. The second-order valence-corrected chi connectivity index (χ2v) is 7.03. The van der Waals surface area contributed by atoms with Gasteiger partial charge in [-0.25, -0.2) is 4.98 Å². The van der Waals surface area contributed by atoms with E-state index in [1.54, 1.807) is 6.20 Å². The van der Waals surface area contributed by atoms with Crippen molar-refractivity contribution >= 4 is 17.7 Å². The van der Waals surface area contributed by atoms with Crippen molar-refractivity contribution in [2.75, 3.05) is 18.8 Å². The van der Waals surface area contributed by atoms with Crippen LogP contribution in [-0.2, 0) is 18.4 Å². The molecule has 1 amide bonds.